The molecule has 5 heteroatoms. The van der Waals surface area contributed by atoms with Gasteiger partial charge in [0.25, 0.3) is 5.91 Å². The minimum atomic E-state index is -0.255. The van der Waals surface area contributed by atoms with Gasteiger partial charge in [0.2, 0.25) is 11.8 Å². The number of nitrogens with one attached hydrogen (secondary N) is 1. The Morgan fingerprint density at radius 3 is 2.34 bits per heavy atom. The molecule has 3 atom stereocenters. The molecule has 0 aromatic heterocycles. The summed E-state index contributed by atoms with van der Waals surface area (Å²) >= 11 is 0. The van der Waals surface area contributed by atoms with Crippen molar-refractivity contribution in [2.24, 2.45) is 17.8 Å². The molecule has 0 unspecified atom stereocenters. The van der Waals surface area contributed by atoms with Crippen molar-refractivity contribution in [2.75, 3.05) is 10.2 Å². The summed E-state index contributed by atoms with van der Waals surface area (Å²) in [7, 11) is 0. The fourth-order valence-corrected chi connectivity index (χ4v) is 4.63. The van der Waals surface area contributed by atoms with E-state index in [-0.39, 0.29) is 29.6 Å². The highest BCUT2D eigenvalue weighted by Crippen LogP contribution is 2.42. The Hall–Kier alpha value is -2.95. The van der Waals surface area contributed by atoms with Gasteiger partial charge in [-0.3, -0.25) is 19.3 Å². The fourth-order valence-electron chi connectivity index (χ4n) is 4.63. The van der Waals surface area contributed by atoms with Crippen LogP contribution in [0.1, 0.15) is 47.7 Å². The van der Waals surface area contributed by atoms with Crippen LogP contribution in [0.25, 0.3) is 0 Å². The number of para-hydroxylation sites is 1. The van der Waals surface area contributed by atoms with Crippen LogP contribution in [-0.2, 0) is 9.59 Å². The zero-order chi connectivity index (χ0) is 20.7. The molecule has 1 saturated heterocycles. The van der Waals surface area contributed by atoms with Crippen molar-refractivity contribution in [2.45, 2.75) is 40.0 Å². The summed E-state index contributed by atoms with van der Waals surface area (Å²) in [4.78, 5) is 40.0. The number of anilines is 2. The Balaban J connectivity index is 1.60. The molecule has 2 aromatic carbocycles. The van der Waals surface area contributed by atoms with E-state index in [0.717, 1.165) is 36.1 Å². The first kappa shape index (κ1) is 19.4. The number of hydrogen-bond donors (Lipinski definition) is 1. The van der Waals surface area contributed by atoms with E-state index in [1.807, 2.05) is 32.0 Å². The SMILES string of the molecule is Cc1cccc(C)c1NC(=O)c1cccc(N2C(=O)[C@H]3CC[C@H](C)C[C@@H]3C2=O)c1. The second-order valence-corrected chi connectivity index (χ2v) is 8.41. The number of imide groups is 1. The number of aryl methyl sites for hydroxylation is 2. The molecule has 0 radical (unpaired) electrons. The highest BCUT2D eigenvalue weighted by Gasteiger charge is 2.50. The monoisotopic (exact) mass is 390 g/mol. The topological polar surface area (TPSA) is 66.5 Å². The molecule has 3 amide bonds. The minimum Gasteiger partial charge on any atom is -0.322 e. The molecule has 2 fully saturated rings. The first-order chi connectivity index (χ1) is 13.9. The minimum absolute atomic E-state index is 0.126. The third-order valence-corrected chi connectivity index (χ3v) is 6.27. The van der Waals surface area contributed by atoms with Gasteiger partial charge >= 0.3 is 0 Å². The van der Waals surface area contributed by atoms with Crippen molar-refractivity contribution >= 4 is 29.1 Å². The standard InChI is InChI=1S/C24H26N2O3/c1-14-10-11-19-20(12-14)24(29)26(23(19)28)18-9-5-8-17(13-18)22(27)25-21-15(2)6-4-7-16(21)3/h4-9,13-14,19-20H,10-12H2,1-3H3,(H,25,27)/t14-,19-,20-/m0/s1. The van der Waals surface area contributed by atoms with E-state index in [4.69, 9.17) is 0 Å². The molecule has 4 rings (SSSR count). The maximum absolute atomic E-state index is 13.0. The van der Waals surface area contributed by atoms with Crippen LogP contribution in [0.15, 0.2) is 42.5 Å². The average molecular weight is 390 g/mol. The third kappa shape index (κ3) is 3.46. The van der Waals surface area contributed by atoms with Gasteiger partial charge in [0.05, 0.1) is 17.5 Å². The van der Waals surface area contributed by atoms with Crippen LogP contribution in [0.4, 0.5) is 11.4 Å². The summed E-state index contributed by atoms with van der Waals surface area (Å²) in [5.41, 5.74) is 3.66. The van der Waals surface area contributed by atoms with Gasteiger partial charge in [0.1, 0.15) is 0 Å². The van der Waals surface area contributed by atoms with Crippen molar-refractivity contribution < 1.29 is 14.4 Å². The van der Waals surface area contributed by atoms with Crippen LogP contribution < -0.4 is 10.2 Å². The molecular weight excluding hydrogens is 364 g/mol. The first-order valence-electron chi connectivity index (χ1n) is 10.2. The highest BCUT2D eigenvalue weighted by molar-refractivity contribution is 6.22. The molecule has 1 N–H and O–H groups in total. The van der Waals surface area contributed by atoms with Crippen LogP contribution in [0.5, 0.6) is 0 Å². The maximum Gasteiger partial charge on any atom is 0.255 e. The fraction of sp³-hybridized carbons (Fsp3) is 0.375. The summed E-state index contributed by atoms with van der Waals surface area (Å²) in [6.45, 7) is 6.03. The van der Waals surface area contributed by atoms with Crippen LogP contribution in [0, 0.1) is 31.6 Å². The van der Waals surface area contributed by atoms with E-state index in [1.165, 1.54) is 4.90 Å². The van der Waals surface area contributed by atoms with Gasteiger partial charge in [0.15, 0.2) is 0 Å². The molecule has 1 heterocycles. The Kier molecular flexibility index (Phi) is 4.99. The van der Waals surface area contributed by atoms with Crippen LogP contribution in [0.2, 0.25) is 0 Å². The van der Waals surface area contributed by atoms with Gasteiger partial charge in [0, 0.05) is 11.3 Å². The Labute approximate surface area is 171 Å². The number of nitrogens with zero attached hydrogens (tertiary/aromatic N) is 1. The zero-order valence-electron chi connectivity index (χ0n) is 17.1. The van der Waals surface area contributed by atoms with Gasteiger partial charge in [-0.25, -0.2) is 0 Å². The van der Waals surface area contributed by atoms with Crippen LogP contribution >= 0.6 is 0 Å². The molecule has 5 nitrogen and oxygen atoms in total. The number of carbonyl (C=O) groups is 3. The van der Waals surface area contributed by atoms with Crippen molar-refractivity contribution in [1.82, 2.24) is 0 Å². The maximum atomic E-state index is 13.0. The quantitative estimate of drug-likeness (QED) is 0.786. The van der Waals surface area contributed by atoms with E-state index >= 15 is 0 Å². The molecule has 1 saturated carbocycles. The summed E-state index contributed by atoms with van der Waals surface area (Å²) in [5.74, 6) is -0.487. The molecule has 0 spiro atoms. The number of rotatable bonds is 3. The zero-order valence-corrected chi connectivity index (χ0v) is 17.1. The number of carbonyl (C=O) groups excluding carboxylic acids is 3. The van der Waals surface area contributed by atoms with E-state index in [9.17, 15) is 14.4 Å². The molecule has 1 aliphatic heterocycles. The molecule has 0 bridgehead atoms. The van der Waals surface area contributed by atoms with Gasteiger partial charge in [-0.05, 0) is 68.4 Å². The van der Waals surface area contributed by atoms with Gasteiger partial charge < -0.3 is 5.32 Å². The summed E-state index contributed by atoms with van der Waals surface area (Å²) in [6.07, 6.45) is 2.50. The predicted octanol–water partition coefficient (Wildman–Crippen LogP) is 4.48. The third-order valence-electron chi connectivity index (χ3n) is 6.27. The molecule has 29 heavy (non-hydrogen) atoms. The lowest BCUT2D eigenvalue weighted by Gasteiger charge is -2.25. The largest absolute Gasteiger partial charge is 0.322 e. The first-order valence-corrected chi connectivity index (χ1v) is 10.2. The smallest absolute Gasteiger partial charge is 0.255 e. The number of hydrogen-bond acceptors (Lipinski definition) is 3. The Morgan fingerprint density at radius 2 is 1.62 bits per heavy atom. The molecule has 1 aliphatic carbocycles. The molecule has 2 aromatic rings. The normalized spacial score (nSPS) is 23.8. The Morgan fingerprint density at radius 1 is 0.966 bits per heavy atom. The van der Waals surface area contributed by atoms with E-state index in [2.05, 4.69) is 12.2 Å². The van der Waals surface area contributed by atoms with E-state index in [0.29, 0.717) is 17.2 Å². The van der Waals surface area contributed by atoms with E-state index in [1.54, 1.807) is 24.3 Å². The molecule has 150 valence electrons. The second kappa shape index (κ2) is 7.47. The van der Waals surface area contributed by atoms with Crippen molar-refractivity contribution in [3.8, 4) is 0 Å². The summed E-state index contributed by atoms with van der Waals surface area (Å²) in [5, 5.41) is 2.96. The lowest BCUT2D eigenvalue weighted by molar-refractivity contribution is -0.122. The Bertz CT molecular complexity index is 977. The van der Waals surface area contributed by atoms with Gasteiger partial charge in [-0.1, -0.05) is 31.2 Å². The lowest BCUT2D eigenvalue weighted by atomic mass is 9.76. The van der Waals surface area contributed by atoms with Crippen molar-refractivity contribution in [1.29, 1.82) is 0 Å². The second-order valence-electron chi connectivity index (χ2n) is 8.41. The van der Waals surface area contributed by atoms with Gasteiger partial charge in [-0.15, -0.1) is 0 Å². The average Bonchev–Trinajstić information content (AvgIpc) is 2.94. The highest BCUT2D eigenvalue weighted by atomic mass is 16.2. The van der Waals surface area contributed by atoms with E-state index < -0.39 is 0 Å². The van der Waals surface area contributed by atoms with Gasteiger partial charge in [-0.2, -0.15) is 0 Å². The van der Waals surface area contributed by atoms with Crippen molar-refractivity contribution in [3.05, 3.63) is 59.2 Å². The summed E-state index contributed by atoms with van der Waals surface area (Å²) in [6, 6.07) is 12.6. The predicted molar refractivity (Wildman–Crippen MR) is 113 cm³/mol. The molecule has 2 aliphatic rings. The summed E-state index contributed by atoms with van der Waals surface area (Å²) < 4.78 is 0. The number of benzene rings is 2. The van der Waals surface area contributed by atoms with Crippen LogP contribution in [0.3, 0.4) is 0 Å². The van der Waals surface area contributed by atoms with Crippen LogP contribution in [-0.4, -0.2) is 17.7 Å². The number of amides is 3. The lowest BCUT2D eigenvalue weighted by Crippen LogP contribution is -2.31. The number of fused-ring (bicyclic) bond motifs is 1. The van der Waals surface area contributed by atoms with Crippen molar-refractivity contribution in [3.63, 3.8) is 0 Å². The molecular formula is C24H26N2O3.